The third kappa shape index (κ3) is 6.09. The second-order valence-corrected chi connectivity index (χ2v) is 5.46. The Bertz CT molecular complexity index is 196. The second kappa shape index (κ2) is 6.84. The predicted octanol–water partition coefficient (Wildman–Crippen LogP) is 4.44. The monoisotopic (exact) mass is 302 g/mol. The molecule has 1 aliphatic carbocycles. The predicted molar refractivity (Wildman–Crippen MR) is 60.8 cm³/mol. The molecular formula is C11H18BrF3O. The summed E-state index contributed by atoms with van der Waals surface area (Å²) in [5, 5.41) is 0. The minimum Gasteiger partial charge on any atom is -0.377 e. The van der Waals surface area contributed by atoms with Gasteiger partial charge >= 0.3 is 6.18 Å². The molecule has 2 atom stereocenters. The van der Waals surface area contributed by atoms with Crippen molar-refractivity contribution in [2.75, 3.05) is 6.61 Å². The van der Waals surface area contributed by atoms with Crippen molar-refractivity contribution < 1.29 is 17.9 Å². The van der Waals surface area contributed by atoms with E-state index in [0.717, 1.165) is 19.3 Å². The number of alkyl halides is 4. The maximum Gasteiger partial charge on any atom is 0.389 e. The zero-order valence-electron chi connectivity index (χ0n) is 9.23. The molecule has 0 aliphatic heterocycles. The van der Waals surface area contributed by atoms with Gasteiger partial charge in [0.05, 0.1) is 6.10 Å². The largest absolute Gasteiger partial charge is 0.389 e. The molecule has 1 rings (SSSR count). The van der Waals surface area contributed by atoms with Crippen LogP contribution in [0, 0.1) is 0 Å². The lowest BCUT2D eigenvalue weighted by molar-refractivity contribution is -0.138. The molecule has 0 saturated heterocycles. The molecule has 0 aromatic heterocycles. The van der Waals surface area contributed by atoms with Gasteiger partial charge in [0.15, 0.2) is 0 Å². The van der Waals surface area contributed by atoms with Crippen molar-refractivity contribution in [1.29, 1.82) is 0 Å². The Morgan fingerprint density at radius 3 is 2.50 bits per heavy atom. The van der Waals surface area contributed by atoms with Crippen LogP contribution in [0.15, 0.2) is 0 Å². The third-order valence-corrected chi connectivity index (χ3v) is 3.86. The highest BCUT2D eigenvalue weighted by Crippen LogP contribution is 2.27. The van der Waals surface area contributed by atoms with Crippen molar-refractivity contribution in [1.82, 2.24) is 0 Å². The van der Waals surface area contributed by atoms with Gasteiger partial charge in [-0.2, -0.15) is 13.2 Å². The van der Waals surface area contributed by atoms with Gasteiger partial charge in [0.25, 0.3) is 0 Å². The number of rotatable bonds is 4. The molecule has 0 aromatic rings. The van der Waals surface area contributed by atoms with E-state index < -0.39 is 12.6 Å². The summed E-state index contributed by atoms with van der Waals surface area (Å²) in [6.45, 7) is 0.215. The minimum atomic E-state index is -4.05. The maximum absolute atomic E-state index is 11.9. The number of hydrogen-bond donors (Lipinski definition) is 0. The molecule has 2 unspecified atom stereocenters. The fourth-order valence-electron chi connectivity index (χ4n) is 1.92. The van der Waals surface area contributed by atoms with Gasteiger partial charge in [0.2, 0.25) is 0 Å². The second-order valence-electron chi connectivity index (χ2n) is 4.28. The summed E-state index contributed by atoms with van der Waals surface area (Å²) >= 11 is 3.55. The van der Waals surface area contributed by atoms with Crippen LogP contribution in [0.25, 0.3) is 0 Å². The Hall–Kier alpha value is 0.230. The fraction of sp³-hybridized carbons (Fsp3) is 1.00. The zero-order valence-corrected chi connectivity index (χ0v) is 10.8. The lowest BCUT2D eigenvalue weighted by Crippen LogP contribution is -2.24. The highest BCUT2D eigenvalue weighted by molar-refractivity contribution is 9.09. The van der Waals surface area contributed by atoms with Gasteiger partial charge in [0, 0.05) is 17.9 Å². The smallest absolute Gasteiger partial charge is 0.377 e. The van der Waals surface area contributed by atoms with E-state index in [1.54, 1.807) is 0 Å². The van der Waals surface area contributed by atoms with Gasteiger partial charge in [0.1, 0.15) is 0 Å². The van der Waals surface area contributed by atoms with Crippen molar-refractivity contribution in [3.05, 3.63) is 0 Å². The first-order valence-corrected chi connectivity index (χ1v) is 6.73. The van der Waals surface area contributed by atoms with Crippen LogP contribution in [0.2, 0.25) is 0 Å². The first kappa shape index (κ1) is 14.3. The highest BCUT2D eigenvalue weighted by Gasteiger charge is 2.27. The molecule has 0 bridgehead atoms. The number of halogens is 4. The summed E-state index contributed by atoms with van der Waals surface area (Å²) in [6, 6.07) is 0. The van der Waals surface area contributed by atoms with E-state index >= 15 is 0 Å². The zero-order chi connectivity index (χ0) is 12.0. The summed E-state index contributed by atoms with van der Waals surface area (Å²) in [5.41, 5.74) is 0. The van der Waals surface area contributed by atoms with Crippen LogP contribution in [0.1, 0.15) is 44.9 Å². The minimum absolute atomic E-state index is 0.0692. The molecule has 0 spiro atoms. The molecule has 96 valence electrons. The highest BCUT2D eigenvalue weighted by atomic mass is 79.9. The molecule has 0 radical (unpaired) electrons. The average molecular weight is 303 g/mol. The summed E-state index contributed by atoms with van der Waals surface area (Å²) in [4.78, 5) is 0.306. The maximum atomic E-state index is 11.9. The van der Waals surface area contributed by atoms with Crippen LogP contribution >= 0.6 is 15.9 Å². The van der Waals surface area contributed by atoms with Crippen LogP contribution in [0.3, 0.4) is 0 Å². The van der Waals surface area contributed by atoms with Crippen LogP contribution < -0.4 is 0 Å². The van der Waals surface area contributed by atoms with Crippen molar-refractivity contribution in [3.63, 3.8) is 0 Å². The molecule has 1 fully saturated rings. The van der Waals surface area contributed by atoms with Crippen LogP contribution in [0.5, 0.6) is 0 Å². The van der Waals surface area contributed by atoms with Crippen molar-refractivity contribution in [3.8, 4) is 0 Å². The van der Waals surface area contributed by atoms with E-state index in [1.807, 2.05) is 0 Å². The summed E-state index contributed by atoms with van der Waals surface area (Å²) in [5.74, 6) is 0. The Labute approximate surface area is 103 Å². The van der Waals surface area contributed by atoms with Gasteiger partial charge in [-0.3, -0.25) is 0 Å². The Morgan fingerprint density at radius 1 is 1.12 bits per heavy atom. The summed E-state index contributed by atoms with van der Waals surface area (Å²) in [7, 11) is 0. The van der Waals surface area contributed by atoms with E-state index in [1.165, 1.54) is 12.8 Å². The van der Waals surface area contributed by atoms with Crippen molar-refractivity contribution in [2.24, 2.45) is 0 Å². The van der Waals surface area contributed by atoms with Gasteiger partial charge in [-0.05, 0) is 19.3 Å². The van der Waals surface area contributed by atoms with E-state index in [9.17, 15) is 13.2 Å². The first-order valence-electron chi connectivity index (χ1n) is 5.81. The lowest BCUT2D eigenvalue weighted by Gasteiger charge is -2.20. The average Bonchev–Trinajstić information content (AvgIpc) is 2.37. The van der Waals surface area contributed by atoms with Crippen LogP contribution in [0.4, 0.5) is 13.2 Å². The molecule has 0 N–H and O–H groups in total. The Kier molecular flexibility index (Phi) is 6.11. The molecule has 16 heavy (non-hydrogen) atoms. The van der Waals surface area contributed by atoms with E-state index in [2.05, 4.69) is 15.9 Å². The van der Waals surface area contributed by atoms with Crippen LogP contribution in [-0.2, 0) is 4.74 Å². The normalized spacial score (nSPS) is 27.8. The van der Waals surface area contributed by atoms with Gasteiger partial charge in [-0.15, -0.1) is 0 Å². The quantitative estimate of drug-likeness (QED) is 0.424. The molecule has 0 heterocycles. The SMILES string of the molecule is FC(F)(F)CCCOC1CCCCCC1Br. The van der Waals surface area contributed by atoms with E-state index in [-0.39, 0.29) is 19.1 Å². The number of ether oxygens (including phenoxy) is 1. The molecule has 1 saturated carbocycles. The molecule has 1 aliphatic rings. The number of hydrogen-bond acceptors (Lipinski definition) is 1. The van der Waals surface area contributed by atoms with E-state index in [4.69, 9.17) is 4.74 Å². The summed E-state index contributed by atoms with van der Waals surface area (Å²) < 4.78 is 41.2. The fourth-order valence-corrected chi connectivity index (χ4v) is 2.66. The summed E-state index contributed by atoms with van der Waals surface area (Å²) in [6.07, 6.45) is 0.879. The standard InChI is InChI=1S/C11H18BrF3O/c12-9-5-2-1-3-6-10(9)16-8-4-7-11(13,14)15/h9-10H,1-8H2. The Morgan fingerprint density at radius 2 is 1.81 bits per heavy atom. The lowest BCUT2D eigenvalue weighted by atomic mass is 10.1. The van der Waals surface area contributed by atoms with Gasteiger partial charge < -0.3 is 4.74 Å². The van der Waals surface area contributed by atoms with E-state index in [0.29, 0.717) is 4.83 Å². The third-order valence-electron chi connectivity index (χ3n) is 2.81. The molecule has 1 nitrogen and oxygen atoms in total. The van der Waals surface area contributed by atoms with Crippen LogP contribution in [-0.4, -0.2) is 23.7 Å². The Balaban J connectivity index is 2.15. The topological polar surface area (TPSA) is 9.23 Å². The molecule has 0 aromatic carbocycles. The molecule has 5 heteroatoms. The van der Waals surface area contributed by atoms with Gasteiger partial charge in [-0.25, -0.2) is 0 Å². The van der Waals surface area contributed by atoms with Crippen molar-refractivity contribution >= 4 is 15.9 Å². The van der Waals surface area contributed by atoms with Crippen molar-refractivity contribution in [2.45, 2.75) is 62.1 Å². The molecular weight excluding hydrogens is 285 g/mol. The molecule has 0 amide bonds. The van der Waals surface area contributed by atoms with Gasteiger partial charge in [-0.1, -0.05) is 35.2 Å². The first-order chi connectivity index (χ1) is 7.49.